The first kappa shape index (κ1) is 24.7. The molecule has 3 aromatic carbocycles. The van der Waals surface area contributed by atoms with Crippen LogP contribution in [0.2, 0.25) is 0 Å². The summed E-state index contributed by atoms with van der Waals surface area (Å²) in [7, 11) is 0. The van der Waals surface area contributed by atoms with E-state index < -0.39 is 36.2 Å². The molecule has 4 rings (SSSR count). The van der Waals surface area contributed by atoms with E-state index in [0.717, 1.165) is 23.3 Å². The van der Waals surface area contributed by atoms with Crippen molar-refractivity contribution in [1.82, 2.24) is 0 Å². The highest BCUT2D eigenvalue weighted by atomic mass is 19.4. The maximum absolute atomic E-state index is 13.2. The van der Waals surface area contributed by atoms with Gasteiger partial charge in [0.2, 0.25) is 0 Å². The number of halogens is 3. The molecule has 0 heterocycles. The molecule has 1 unspecified atom stereocenters. The predicted molar refractivity (Wildman–Crippen MR) is 121 cm³/mol. The number of hydrogen-bond acceptors (Lipinski definition) is 5. The highest BCUT2D eigenvalue weighted by Gasteiger charge is 2.40. The number of benzene rings is 3. The maximum Gasteiger partial charge on any atom is 0.573 e. The molecule has 0 spiro atoms. The van der Waals surface area contributed by atoms with E-state index in [-0.39, 0.29) is 24.4 Å². The molecule has 0 aromatic heterocycles. The van der Waals surface area contributed by atoms with Crippen LogP contribution in [0.1, 0.15) is 22.8 Å². The van der Waals surface area contributed by atoms with Crippen molar-refractivity contribution in [3.63, 3.8) is 0 Å². The molecule has 0 aliphatic heterocycles. The van der Waals surface area contributed by atoms with Crippen molar-refractivity contribution < 1.29 is 37.3 Å². The van der Waals surface area contributed by atoms with E-state index in [9.17, 15) is 23.1 Å². The third-order valence-electron chi connectivity index (χ3n) is 5.47. The molecule has 0 fully saturated rings. The largest absolute Gasteiger partial charge is 0.573 e. The van der Waals surface area contributed by atoms with Gasteiger partial charge in [0.15, 0.2) is 11.9 Å². The molecule has 0 amide bonds. The van der Waals surface area contributed by atoms with E-state index in [1.807, 2.05) is 60.7 Å². The summed E-state index contributed by atoms with van der Waals surface area (Å²) in [4.78, 5) is 13.2. The van der Waals surface area contributed by atoms with Gasteiger partial charge < -0.3 is 19.3 Å². The minimum atomic E-state index is -4.82. The van der Waals surface area contributed by atoms with Gasteiger partial charge in [-0.1, -0.05) is 72.8 Å². The number of hydrogen-bond donors (Lipinski definition) is 1. The Balaban J connectivity index is 1.51. The van der Waals surface area contributed by atoms with Crippen molar-refractivity contribution in [2.24, 2.45) is 0 Å². The lowest BCUT2D eigenvalue weighted by Crippen LogP contribution is -2.33. The lowest BCUT2D eigenvalue weighted by molar-refractivity contribution is -0.274. The highest BCUT2D eigenvalue weighted by molar-refractivity contribution is 6.03. The molecule has 1 aliphatic rings. The van der Waals surface area contributed by atoms with E-state index in [4.69, 9.17) is 9.47 Å². The Morgan fingerprint density at radius 2 is 1.34 bits per heavy atom. The topological polar surface area (TPSA) is 65.0 Å². The number of rotatable bonds is 9. The predicted octanol–water partition coefficient (Wildman–Crippen LogP) is 5.30. The van der Waals surface area contributed by atoms with Crippen LogP contribution < -0.4 is 4.74 Å². The summed E-state index contributed by atoms with van der Waals surface area (Å²) in [6, 6.07) is 23.5. The highest BCUT2D eigenvalue weighted by Crippen LogP contribution is 2.33. The van der Waals surface area contributed by atoms with Gasteiger partial charge in [-0.3, -0.25) is 4.79 Å². The number of ether oxygens (including phenoxy) is 3. The molecule has 182 valence electrons. The normalized spacial score (nSPS) is 18.9. The number of carbonyl (C=O) groups is 1. The lowest BCUT2D eigenvalue weighted by Gasteiger charge is -2.20. The average Bonchev–Trinajstić information content (AvgIpc) is 3.17. The number of ketones is 1. The minimum absolute atomic E-state index is 0.0608. The second-order valence-corrected chi connectivity index (χ2v) is 7.98. The van der Waals surface area contributed by atoms with Crippen LogP contribution >= 0.6 is 0 Å². The molecule has 1 aliphatic carbocycles. The lowest BCUT2D eigenvalue weighted by atomic mass is 10.00. The standard InChI is InChI=1S/C27H23F3O5/c28-27(29,30)35-21-13-11-20(12-14-21)24(31)22-15-23(33-16-18-7-3-1-4-8-18)26(25(22)32)34-17-19-9-5-2-6-10-19/h1-15,23-24,26,31H,16-17H2/t23-,24?,26+/m0/s1. The summed E-state index contributed by atoms with van der Waals surface area (Å²) >= 11 is 0. The maximum atomic E-state index is 13.2. The van der Waals surface area contributed by atoms with Crippen LogP contribution in [0, 0.1) is 0 Å². The van der Waals surface area contributed by atoms with Crippen LogP contribution in [-0.2, 0) is 27.5 Å². The van der Waals surface area contributed by atoms with Crippen molar-refractivity contribution in [2.75, 3.05) is 0 Å². The van der Waals surface area contributed by atoms with Crippen LogP contribution in [0.25, 0.3) is 0 Å². The third-order valence-corrected chi connectivity index (χ3v) is 5.47. The third kappa shape index (κ3) is 6.57. The van der Waals surface area contributed by atoms with Crippen molar-refractivity contribution in [3.8, 4) is 5.75 Å². The van der Waals surface area contributed by atoms with Crippen molar-refractivity contribution in [1.29, 1.82) is 0 Å². The molecule has 8 heteroatoms. The second kappa shape index (κ2) is 10.9. The van der Waals surface area contributed by atoms with E-state index >= 15 is 0 Å². The van der Waals surface area contributed by atoms with Crippen LogP contribution in [0.15, 0.2) is 96.6 Å². The fraction of sp³-hybridized carbons (Fsp3) is 0.222. The molecule has 35 heavy (non-hydrogen) atoms. The number of aliphatic hydroxyl groups is 1. The minimum Gasteiger partial charge on any atom is -0.406 e. The summed E-state index contributed by atoms with van der Waals surface area (Å²) < 4.78 is 53.0. The van der Waals surface area contributed by atoms with Crippen LogP contribution in [-0.4, -0.2) is 29.5 Å². The molecular weight excluding hydrogens is 461 g/mol. The molecule has 0 saturated carbocycles. The molecule has 5 nitrogen and oxygen atoms in total. The molecule has 0 radical (unpaired) electrons. The van der Waals surface area contributed by atoms with Crippen LogP contribution in [0.5, 0.6) is 5.75 Å². The smallest absolute Gasteiger partial charge is 0.406 e. The van der Waals surface area contributed by atoms with Gasteiger partial charge in [-0.15, -0.1) is 13.2 Å². The van der Waals surface area contributed by atoms with Gasteiger partial charge in [-0.05, 0) is 34.9 Å². The van der Waals surface area contributed by atoms with Crippen molar-refractivity contribution in [2.45, 2.75) is 37.9 Å². The van der Waals surface area contributed by atoms with Gasteiger partial charge >= 0.3 is 6.36 Å². The fourth-order valence-electron chi connectivity index (χ4n) is 3.75. The molecular formula is C27H23F3O5. The summed E-state index contributed by atoms with van der Waals surface area (Å²) in [5.41, 5.74) is 2.08. The first-order valence-electron chi connectivity index (χ1n) is 10.9. The molecule has 1 N–H and O–H groups in total. The van der Waals surface area contributed by atoms with Crippen LogP contribution in [0.4, 0.5) is 13.2 Å². The molecule has 0 bridgehead atoms. The van der Waals surface area contributed by atoms with E-state index in [1.165, 1.54) is 18.2 Å². The van der Waals surface area contributed by atoms with Gasteiger partial charge in [0.1, 0.15) is 18.0 Å². The fourth-order valence-corrected chi connectivity index (χ4v) is 3.75. The van der Waals surface area contributed by atoms with Gasteiger partial charge in [0, 0.05) is 5.57 Å². The molecule has 3 atom stereocenters. The summed E-state index contributed by atoms with van der Waals surface area (Å²) in [6.45, 7) is 0.399. The Hall–Kier alpha value is -3.46. The molecule has 0 saturated heterocycles. The van der Waals surface area contributed by atoms with E-state index in [1.54, 1.807) is 0 Å². The average molecular weight is 484 g/mol. The summed E-state index contributed by atoms with van der Waals surface area (Å²) in [6.07, 6.45) is -6.39. The first-order chi connectivity index (χ1) is 16.8. The second-order valence-electron chi connectivity index (χ2n) is 7.98. The quantitative estimate of drug-likeness (QED) is 0.447. The monoisotopic (exact) mass is 484 g/mol. The van der Waals surface area contributed by atoms with E-state index in [2.05, 4.69) is 4.74 Å². The van der Waals surface area contributed by atoms with Crippen molar-refractivity contribution >= 4 is 5.78 Å². The number of carbonyl (C=O) groups excluding carboxylic acids is 1. The van der Waals surface area contributed by atoms with Gasteiger partial charge in [0.05, 0.1) is 13.2 Å². The molecule has 3 aromatic rings. The zero-order valence-electron chi connectivity index (χ0n) is 18.5. The Labute approximate surface area is 200 Å². The van der Waals surface area contributed by atoms with Gasteiger partial charge in [-0.2, -0.15) is 0 Å². The number of alkyl halides is 3. The Morgan fingerprint density at radius 3 is 1.89 bits per heavy atom. The Kier molecular flexibility index (Phi) is 7.65. The number of aliphatic hydroxyl groups excluding tert-OH is 1. The number of Topliss-reactive ketones (excluding diaryl/α,β-unsaturated/α-hetero) is 1. The Bertz CT molecular complexity index is 1140. The first-order valence-corrected chi connectivity index (χ1v) is 10.9. The zero-order chi connectivity index (χ0) is 24.8. The van der Waals surface area contributed by atoms with Gasteiger partial charge in [0.25, 0.3) is 0 Å². The van der Waals surface area contributed by atoms with E-state index in [0.29, 0.717) is 0 Å². The SMILES string of the molecule is O=C1C(C(O)c2ccc(OC(F)(F)F)cc2)=C[C@H](OCc2ccccc2)[C@H]1OCc1ccccc1. The summed E-state index contributed by atoms with van der Waals surface area (Å²) in [5.74, 6) is -0.865. The zero-order valence-corrected chi connectivity index (χ0v) is 18.5. The Morgan fingerprint density at radius 1 is 0.800 bits per heavy atom. The van der Waals surface area contributed by atoms with Crippen molar-refractivity contribution in [3.05, 3.63) is 113 Å². The van der Waals surface area contributed by atoms with Gasteiger partial charge in [-0.25, -0.2) is 0 Å². The van der Waals surface area contributed by atoms with Crippen LogP contribution in [0.3, 0.4) is 0 Å². The summed E-state index contributed by atoms with van der Waals surface area (Å²) in [5, 5.41) is 10.9.